The number of rotatable bonds is 4. The average Bonchev–Trinajstić information content (AvgIpc) is 2.84. The Morgan fingerprint density at radius 1 is 1.36 bits per heavy atom. The van der Waals surface area contributed by atoms with E-state index in [1.807, 2.05) is 0 Å². The van der Waals surface area contributed by atoms with Gasteiger partial charge in [0, 0.05) is 5.41 Å². The summed E-state index contributed by atoms with van der Waals surface area (Å²) in [6, 6.07) is 0. The maximum absolute atomic E-state index is 5.35. The van der Waals surface area contributed by atoms with E-state index in [0.717, 1.165) is 5.92 Å². The number of hydrogen-bond acceptors (Lipinski definition) is 1. The Morgan fingerprint density at radius 2 is 2.07 bits per heavy atom. The standard InChI is InChI=1S/C13H20O/c1-13(2,3)9-5-11-14-10-4-6-12-7-8-12/h4,6,12H,7-8,10-11H2,1-3H3/b6-4+. The normalized spacial score (nSPS) is 16.8. The van der Waals surface area contributed by atoms with Crippen LogP contribution in [0.1, 0.15) is 33.6 Å². The smallest absolute Gasteiger partial charge is 0.108 e. The van der Waals surface area contributed by atoms with Gasteiger partial charge in [-0.25, -0.2) is 0 Å². The lowest BCUT2D eigenvalue weighted by Gasteiger charge is -2.06. The van der Waals surface area contributed by atoms with E-state index in [1.54, 1.807) is 0 Å². The Labute approximate surface area is 87.5 Å². The van der Waals surface area contributed by atoms with Crippen molar-refractivity contribution in [3.63, 3.8) is 0 Å². The van der Waals surface area contributed by atoms with Crippen molar-refractivity contribution >= 4 is 0 Å². The molecule has 0 atom stereocenters. The lowest BCUT2D eigenvalue weighted by molar-refractivity contribution is 0.198. The van der Waals surface area contributed by atoms with Gasteiger partial charge in [0.15, 0.2) is 0 Å². The molecule has 0 aromatic rings. The Bertz CT molecular complexity index is 243. The summed E-state index contributed by atoms with van der Waals surface area (Å²) in [6.45, 7) is 7.56. The van der Waals surface area contributed by atoms with Crippen molar-refractivity contribution in [1.82, 2.24) is 0 Å². The molecular formula is C13H20O. The molecule has 0 N–H and O–H groups in total. The van der Waals surface area contributed by atoms with Crippen molar-refractivity contribution in [2.45, 2.75) is 33.6 Å². The Balaban J connectivity index is 1.99. The van der Waals surface area contributed by atoms with Gasteiger partial charge in [0.25, 0.3) is 0 Å². The van der Waals surface area contributed by atoms with Crippen LogP contribution in [0.25, 0.3) is 0 Å². The van der Waals surface area contributed by atoms with Gasteiger partial charge in [-0.3, -0.25) is 0 Å². The molecule has 1 aliphatic rings. The van der Waals surface area contributed by atoms with Gasteiger partial charge in [0.05, 0.1) is 6.61 Å². The molecule has 0 aromatic carbocycles. The highest BCUT2D eigenvalue weighted by molar-refractivity contribution is 5.07. The third-order valence-corrected chi connectivity index (χ3v) is 1.88. The predicted octanol–water partition coefficient (Wildman–Crippen LogP) is 3.02. The first-order chi connectivity index (χ1) is 6.58. The van der Waals surface area contributed by atoms with Crippen LogP contribution in [-0.2, 0) is 4.74 Å². The van der Waals surface area contributed by atoms with Gasteiger partial charge >= 0.3 is 0 Å². The summed E-state index contributed by atoms with van der Waals surface area (Å²) in [6.07, 6.45) is 7.08. The van der Waals surface area contributed by atoms with E-state index in [1.165, 1.54) is 12.8 Å². The summed E-state index contributed by atoms with van der Waals surface area (Å²) >= 11 is 0. The van der Waals surface area contributed by atoms with Crippen LogP contribution in [0.5, 0.6) is 0 Å². The van der Waals surface area contributed by atoms with E-state index >= 15 is 0 Å². The van der Waals surface area contributed by atoms with E-state index in [4.69, 9.17) is 4.74 Å². The summed E-state index contributed by atoms with van der Waals surface area (Å²) in [4.78, 5) is 0. The lowest BCUT2D eigenvalue weighted by atomic mass is 9.98. The van der Waals surface area contributed by atoms with E-state index in [2.05, 4.69) is 44.8 Å². The zero-order valence-electron chi connectivity index (χ0n) is 9.47. The second-order valence-corrected chi connectivity index (χ2v) is 4.83. The molecule has 14 heavy (non-hydrogen) atoms. The summed E-state index contributed by atoms with van der Waals surface area (Å²) in [5.41, 5.74) is 0.0905. The van der Waals surface area contributed by atoms with Crippen LogP contribution in [0.4, 0.5) is 0 Å². The zero-order valence-corrected chi connectivity index (χ0v) is 9.47. The monoisotopic (exact) mass is 192 g/mol. The summed E-state index contributed by atoms with van der Waals surface area (Å²) in [5, 5.41) is 0. The number of allylic oxidation sites excluding steroid dienone is 1. The van der Waals surface area contributed by atoms with Crippen molar-refractivity contribution in [1.29, 1.82) is 0 Å². The van der Waals surface area contributed by atoms with Crippen molar-refractivity contribution in [3.8, 4) is 11.8 Å². The Morgan fingerprint density at radius 3 is 2.64 bits per heavy atom. The van der Waals surface area contributed by atoms with Gasteiger partial charge in [-0.15, -0.1) is 0 Å². The first-order valence-electron chi connectivity index (χ1n) is 5.32. The fourth-order valence-electron chi connectivity index (χ4n) is 1.02. The van der Waals surface area contributed by atoms with Gasteiger partial charge in [0.2, 0.25) is 0 Å². The Kier molecular flexibility index (Phi) is 4.22. The molecule has 0 amide bonds. The van der Waals surface area contributed by atoms with Crippen LogP contribution in [0.3, 0.4) is 0 Å². The van der Waals surface area contributed by atoms with Gasteiger partial charge in [0.1, 0.15) is 6.61 Å². The fraction of sp³-hybridized carbons (Fsp3) is 0.692. The molecule has 1 saturated carbocycles. The summed E-state index contributed by atoms with van der Waals surface area (Å²) < 4.78 is 5.35. The fourth-order valence-corrected chi connectivity index (χ4v) is 1.02. The third kappa shape index (κ3) is 6.74. The molecule has 0 unspecified atom stereocenters. The molecule has 0 aliphatic heterocycles. The van der Waals surface area contributed by atoms with E-state index in [9.17, 15) is 0 Å². The molecular weight excluding hydrogens is 172 g/mol. The topological polar surface area (TPSA) is 9.23 Å². The van der Waals surface area contributed by atoms with Crippen LogP contribution in [0.2, 0.25) is 0 Å². The molecule has 0 bridgehead atoms. The SMILES string of the molecule is CC(C)(C)C#CCOC/C=C/C1CC1. The van der Waals surface area contributed by atoms with Gasteiger partial charge in [-0.05, 0) is 39.5 Å². The Hall–Kier alpha value is -0.740. The maximum atomic E-state index is 5.35. The first kappa shape index (κ1) is 11.3. The maximum Gasteiger partial charge on any atom is 0.108 e. The molecule has 0 spiro atoms. The number of ether oxygens (including phenoxy) is 1. The molecule has 0 aromatic heterocycles. The lowest BCUT2D eigenvalue weighted by Crippen LogP contribution is -2.00. The highest BCUT2D eigenvalue weighted by Crippen LogP contribution is 2.29. The van der Waals surface area contributed by atoms with Gasteiger partial charge < -0.3 is 4.74 Å². The molecule has 1 rings (SSSR count). The molecule has 0 heterocycles. The molecule has 78 valence electrons. The third-order valence-electron chi connectivity index (χ3n) is 1.88. The minimum atomic E-state index is 0.0905. The van der Waals surface area contributed by atoms with E-state index in [0.29, 0.717) is 13.2 Å². The zero-order chi connectivity index (χ0) is 10.4. The highest BCUT2D eigenvalue weighted by atomic mass is 16.5. The second-order valence-electron chi connectivity index (χ2n) is 4.83. The van der Waals surface area contributed by atoms with Crippen molar-refractivity contribution in [2.75, 3.05) is 13.2 Å². The average molecular weight is 192 g/mol. The van der Waals surface area contributed by atoms with Crippen LogP contribution in [-0.4, -0.2) is 13.2 Å². The molecule has 0 radical (unpaired) electrons. The summed E-state index contributed by atoms with van der Waals surface area (Å²) in [7, 11) is 0. The molecule has 1 fully saturated rings. The quantitative estimate of drug-likeness (QED) is 0.378. The van der Waals surface area contributed by atoms with E-state index in [-0.39, 0.29) is 5.41 Å². The van der Waals surface area contributed by atoms with Crippen LogP contribution < -0.4 is 0 Å². The highest BCUT2D eigenvalue weighted by Gasteiger charge is 2.16. The van der Waals surface area contributed by atoms with Crippen LogP contribution in [0.15, 0.2) is 12.2 Å². The second kappa shape index (κ2) is 5.22. The van der Waals surface area contributed by atoms with Gasteiger partial charge in [-0.1, -0.05) is 24.0 Å². The molecule has 1 heteroatoms. The molecule has 1 nitrogen and oxygen atoms in total. The van der Waals surface area contributed by atoms with Crippen LogP contribution >= 0.6 is 0 Å². The van der Waals surface area contributed by atoms with Crippen molar-refractivity contribution < 1.29 is 4.74 Å². The predicted molar refractivity (Wildman–Crippen MR) is 59.9 cm³/mol. The minimum absolute atomic E-state index is 0.0905. The van der Waals surface area contributed by atoms with Crippen LogP contribution in [0, 0.1) is 23.2 Å². The van der Waals surface area contributed by atoms with Crippen molar-refractivity contribution in [2.24, 2.45) is 11.3 Å². The van der Waals surface area contributed by atoms with Gasteiger partial charge in [-0.2, -0.15) is 0 Å². The molecule has 0 saturated heterocycles. The number of hydrogen-bond donors (Lipinski definition) is 0. The first-order valence-corrected chi connectivity index (χ1v) is 5.32. The van der Waals surface area contributed by atoms with Crippen molar-refractivity contribution in [3.05, 3.63) is 12.2 Å². The minimum Gasteiger partial charge on any atom is -0.365 e. The molecule has 1 aliphatic carbocycles. The summed E-state index contributed by atoms with van der Waals surface area (Å²) in [5.74, 6) is 7.00. The largest absolute Gasteiger partial charge is 0.365 e. The van der Waals surface area contributed by atoms with E-state index < -0.39 is 0 Å².